The Morgan fingerprint density at radius 2 is 1.89 bits per heavy atom. The number of benzene rings is 1. The smallest absolute Gasteiger partial charge is 0.329 e. The van der Waals surface area contributed by atoms with Crippen molar-refractivity contribution in [1.29, 1.82) is 0 Å². The van der Waals surface area contributed by atoms with Crippen LogP contribution in [-0.4, -0.2) is 10.1 Å². The van der Waals surface area contributed by atoms with Crippen molar-refractivity contribution in [3.63, 3.8) is 0 Å². The summed E-state index contributed by atoms with van der Waals surface area (Å²) in [5.41, 5.74) is 6.80. The van der Waals surface area contributed by atoms with Crippen LogP contribution >= 0.6 is 0 Å². The summed E-state index contributed by atoms with van der Waals surface area (Å²) in [7, 11) is 0. The van der Waals surface area contributed by atoms with Crippen molar-refractivity contribution >= 4 is 0 Å². The first-order valence-electron chi connectivity index (χ1n) is 5.67. The molecule has 4 nitrogen and oxygen atoms in total. The van der Waals surface area contributed by atoms with E-state index in [0.29, 0.717) is 12.8 Å². The molecule has 1 unspecified atom stereocenters. The highest BCUT2D eigenvalue weighted by atomic mass is 19.4. The Kier molecular flexibility index (Phi) is 3.84. The maximum absolute atomic E-state index is 12.3. The van der Waals surface area contributed by atoms with Gasteiger partial charge in [0, 0.05) is 0 Å². The Morgan fingerprint density at radius 3 is 2.47 bits per heavy atom. The topological polar surface area (TPSA) is 64.9 Å². The lowest BCUT2D eigenvalue weighted by Gasteiger charge is -2.06. The van der Waals surface area contributed by atoms with Crippen molar-refractivity contribution in [1.82, 2.24) is 10.1 Å². The van der Waals surface area contributed by atoms with Crippen LogP contribution in [0.1, 0.15) is 29.7 Å². The van der Waals surface area contributed by atoms with Crippen molar-refractivity contribution in [2.75, 3.05) is 0 Å². The fraction of sp³-hybridized carbons (Fsp3) is 0.333. The maximum Gasteiger partial charge on any atom is 0.471 e. The molecule has 2 N–H and O–H groups in total. The van der Waals surface area contributed by atoms with E-state index < -0.39 is 18.1 Å². The number of rotatable bonds is 4. The second kappa shape index (κ2) is 5.40. The SMILES string of the molecule is NC(CCc1ccccc1)c1noc(C(F)(F)F)n1. The highest BCUT2D eigenvalue weighted by Gasteiger charge is 2.38. The van der Waals surface area contributed by atoms with Crippen LogP contribution in [0.5, 0.6) is 0 Å². The van der Waals surface area contributed by atoms with Crippen molar-refractivity contribution < 1.29 is 17.7 Å². The van der Waals surface area contributed by atoms with Crippen LogP contribution in [-0.2, 0) is 12.6 Å². The summed E-state index contributed by atoms with van der Waals surface area (Å²) < 4.78 is 41.0. The van der Waals surface area contributed by atoms with E-state index in [-0.39, 0.29) is 5.82 Å². The molecule has 0 aliphatic rings. The summed E-state index contributed by atoms with van der Waals surface area (Å²) in [6.07, 6.45) is -3.55. The minimum atomic E-state index is -4.63. The zero-order valence-corrected chi connectivity index (χ0v) is 9.89. The molecule has 2 rings (SSSR count). The first kappa shape index (κ1) is 13.5. The Balaban J connectivity index is 1.97. The number of nitrogens with two attached hydrogens (primary N) is 1. The van der Waals surface area contributed by atoms with Crippen LogP contribution in [0, 0.1) is 0 Å². The second-order valence-corrected chi connectivity index (χ2v) is 4.09. The molecule has 0 amide bonds. The van der Waals surface area contributed by atoms with Gasteiger partial charge in [0.05, 0.1) is 6.04 Å². The molecule has 0 saturated carbocycles. The van der Waals surface area contributed by atoms with Crippen LogP contribution in [0.2, 0.25) is 0 Å². The van der Waals surface area contributed by atoms with Crippen molar-refractivity contribution in [3.05, 3.63) is 47.6 Å². The fourth-order valence-electron chi connectivity index (χ4n) is 1.60. The zero-order valence-electron chi connectivity index (χ0n) is 9.89. The van der Waals surface area contributed by atoms with Crippen LogP contribution in [0.3, 0.4) is 0 Å². The summed E-state index contributed by atoms with van der Waals surface area (Å²) in [4.78, 5) is 3.27. The average molecular weight is 271 g/mol. The normalized spacial score (nSPS) is 13.5. The minimum Gasteiger partial charge on any atom is -0.329 e. The molecule has 0 radical (unpaired) electrons. The van der Waals surface area contributed by atoms with Crippen molar-refractivity contribution in [2.45, 2.75) is 25.1 Å². The molecule has 0 bridgehead atoms. The third-order valence-corrected chi connectivity index (χ3v) is 2.60. The Labute approximate surface area is 107 Å². The molecule has 1 aromatic carbocycles. The molecular weight excluding hydrogens is 259 g/mol. The van der Waals surface area contributed by atoms with Crippen molar-refractivity contribution in [3.8, 4) is 0 Å². The fourth-order valence-corrected chi connectivity index (χ4v) is 1.60. The van der Waals surface area contributed by atoms with Crippen LogP contribution in [0.15, 0.2) is 34.9 Å². The average Bonchev–Trinajstić information content (AvgIpc) is 2.87. The molecule has 1 heterocycles. The molecule has 0 saturated heterocycles. The number of hydrogen-bond donors (Lipinski definition) is 1. The first-order chi connectivity index (χ1) is 8.97. The largest absolute Gasteiger partial charge is 0.471 e. The highest BCUT2D eigenvalue weighted by Crippen LogP contribution is 2.28. The number of hydrogen-bond acceptors (Lipinski definition) is 4. The zero-order chi connectivity index (χ0) is 13.9. The monoisotopic (exact) mass is 271 g/mol. The summed E-state index contributed by atoms with van der Waals surface area (Å²) >= 11 is 0. The van der Waals surface area contributed by atoms with Gasteiger partial charge in [-0.3, -0.25) is 0 Å². The van der Waals surface area contributed by atoms with Gasteiger partial charge < -0.3 is 10.3 Å². The lowest BCUT2D eigenvalue weighted by atomic mass is 10.1. The molecule has 2 aromatic rings. The van der Waals surface area contributed by atoms with Gasteiger partial charge in [-0.05, 0) is 18.4 Å². The number of halogens is 3. The third kappa shape index (κ3) is 3.54. The van der Waals surface area contributed by atoms with Gasteiger partial charge in [0.2, 0.25) is 0 Å². The molecule has 0 aliphatic carbocycles. The van der Waals surface area contributed by atoms with E-state index in [1.165, 1.54) is 0 Å². The number of aromatic nitrogens is 2. The van der Waals surface area contributed by atoms with Crippen LogP contribution in [0.4, 0.5) is 13.2 Å². The lowest BCUT2D eigenvalue weighted by molar-refractivity contribution is -0.159. The molecule has 102 valence electrons. The predicted molar refractivity (Wildman–Crippen MR) is 61.0 cm³/mol. The van der Waals surface area contributed by atoms with E-state index >= 15 is 0 Å². The number of aryl methyl sites for hydroxylation is 1. The van der Waals surface area contributed by atoms with Gasteiger partial charge in [-0.1, -0.05) is 35.5 Å². The summed E-state index contributed by atoms with van der Waals surface area (Å²) in [5.74, 6) is -1.49. The minimum absolute atomic E-state index is 0.122. The van der Waals surface area contributed by atoms with E-state index in [4.69, 9.17) is 5.73 Å². The third-order valence-electron chi connectivity index (χ3n) is 2.60. The summed E-state index contributed by atoms with van der Waals surface area (Å²) in [6.45, 7) is 0. The Bertz CT molecular complexity index is 525. The van der Waals surface area contributed by atoms with E-state index in [1.54, 1.807) is 0 Å². The molecule has 0 aliphatic heterocycles. The van der Waals surface area contributed by atoms with Gasteiger partial charge in [0.1, 0.15) is 0 Å². The number of nitrogens with zero attached hydrogens (tertiary/aromatic N) is 2. The predicted octanol–water partition coefficient (Wildman–Crippen LogP) is 2.72. The quantitative estimate of drug-likeness (QED) is 0.928. The Hall–Kier alpha value is -1.89. The molecule has 19 heavy (non-hydrogen) atoms. The number of alkyl halides is 3. The maximum atomic E-state index is 12.3. The van der Waals surface area contributed by atoms with E-state index in [0.717, 1.165) is 5.56 Å². The van der Waals surface area contributed by atoms with E-state index in [2.05, 4.69) is 14.7 Å². The van der Waals surface area contributed by atoms with E-state index in [9.17, 15) is 13.2 Å². The standard InChI is InChI=1S/C12H12F3N3O/c13-12(14,15)11-17-10(18-19-11)9(16)7-6-8-4-2-1-3-5-8/h1-5,9H,6-7,16H2. The van der Waals surface area contributed by atoms with Gasteiger partial charge in [-0.15, -0.1) is 0 Å². The molecule has 1 atom stereocenters. The van der Waals surface area contributed by atoms with Crippen LogP contribution < -0.4 is 5.73 Å². The van der Waals surface area contributed by atoms with Gasteiger partial charge in [0.25, 0.3) is 0 Å². The lowest BCUT2D eigenvalue weighted by Crippen LogP contribution is -2.14. The summed E-state index contributed by atoms with van der Waals surface area (Å²) in [6, 6.07) is 8.82. The first-order valence-corrected chi connectivity index (χ1v) is 5.67. The Morgan fingerprint density at radius 1 is 1.21 bits per heavy atom. The van der Waals surface area contributed by atoms with Crippen LogP contribution in [0.25, 0.3) is 0 Å². The molecule has 7 heteroatoms. The van der Waals surface area contributed by atoms with Gasteiger partial charge in [0.15, 0.2) is 5.82 Å². The molecule has 0 spiro atoms. The van der Waals surface area contributed by atoms with E-state index in [1.807, 2.05) is 30.3 Å². The van der Waals surface area contributed by atoms with Crippen molar-refractivity contribution in [2.24, 2.45) is 5.73 Å². The highest BCUT2D eigenvalue weighted by molar-refractivity contribution is 5.15. The van der Waals surface area contributed by atoms with Gasteiger partial charge in [-0.25, -0.2) is 0 Å². The molecular formula is C12H12F3N3O. The molecule has 1 aromatic heterocycles. The summed E-state index contributed by atoms with van der Waals surface area (Å²) in [5, 5.41) is 3.26. The van der Waals surface area contributed by atoms with Gasteiger partial charge >= 0.3 is 12.1 Å². The second-order valence-electron chi connectivity index (χ2n) is 4.09. The molecule has 0 fully saturated rings. The van der Waals surface area contributed by atoms with Gasteiger partial charge in [-0.2, -0.15) is 18.2 Å².